The Balaban J connectivity index is 1.75. The maximum atomic E-state index is 13.8. The fourth-order valence-corrected chi connectivity index (χ4v) is 2.85. The standard InChI is InChI=1S/C17H15FN2O3S/c1-3-11-5-7-15(23-11)16(21)20-17-19-13(9-24-17)10-4-6-14(22-2)12(18)8-10/h4-9H,3H2,1-2H3,(H,19,20,21). The Morgan fingerprint density at radius 3 is 2.88 bits per heavy atom. The van der Waals surface area contributed by atoms with E-state index in [1.165, 1.54) is 30.6 Å². The normalized spacial score (nSPS) is 10.6. The van der Waals surface area contributed by atoms with Gasteiger partial charge in [0.05, 0.1) is 12.8 Å². The molecular weight excluding hydrogens is 331 g/mol. The van der Waals surface area contributed by atoms with Gasteiger partial charge in [-0.2, -0.15) is 0 Å². The lowest BCUT2D eigenvalue weighted by Gasteiger charge is -2.03. The van der Waals surface area contributed by atoms with Crippen LogP contribution in [0.5, 0.6) is 5.75 Å². The van der Waals surface area contributed by atoms with Crippen LogP contribution in [0.3, 0.4) is 0 Å². The molecule has 3 rings (SSSR count). The first-order chi connectivity index (χ1) is 11.6. The van der Waals surface area contributed by atoms with Crippen molar-refractivity contribution in [2.75, 3.05) is 12.4 Å². The number of thiazole rings is 1. The quantitative estimate of drug-likeness (QED) is 0.745. The Hall–Kier alpha value is -2.67. The van der Waals surface area contributed by atoms with Gasteiger partial charge >= 0.3 is 0 Å². The van der Waals surface area contributed by atoms with Crippen LogP contribution in [0.1, 0.15) is 23.2 Å². The van der Waals surface area contributed by atoms with Crippen LogP contribution < -0.4 is 10.1 Å². The molecule has 1 aromatic carbocycles. The molecule has 0 aliphatic heterocycles. The van der Waals surface area contributed by atoms with Gasteiger partial charge in [0.2, 0.25) is 0 Å². The smallest absolute Gasteiger partial charge is 0.293 e. The zero-order chi connectivity index (χ0) is 17.1. The summed E-state index contributed by atoms with van der Waals surface area (Å²) in [5.74, 6) is 0.326. The zero-order valence-corrected chi connectivity index (χ0v) is 13.9. The third kappa shape index (κ3) is 3.30. The molecule has 24 heavy (non-hydrogen) atoms. The third-order valence-corrected chi connectivity index (χ3v) is 4.16. The van der Waals surface area contributed by atoms with Gasteiger partial charge in [-0.25, -0.2) is 9.37 Å². The molecule has 1 amide bonds. The van der Waals surface area contributed by atoms with E-state index >= 15 is 0 Å². The summed E-state index contributed by atoms with van der Waals surface area (Å²) >= 11 is 1.26. The molecule has 0 atom stereocenters. The van der Waals surface area contributed by atoms with Crippen molar-refractivity contribution in [3.05, 3.63) is 53.0 Å². The lowest BCUT2D eigenvalue weighted by atomic mass is 10.1. The predicted molar refractivity (Wildman–Crippen MR) is 90.1 cm³/mol. The van der Waals surface area contributed by atoms with Crippen molar-refractivity contribution < 1.29 is 18.3 Å². The summed E-state index contributed by atoms with van der Waals surface area (Å²) in [4.78, 5) is 16.4. The number of furan rings is 1. The highest BCUT2D eigenvalue weighted by Crippen LogP contribution is 2.28. The van der Waals surface area contributed by atoms with Gasteiger partial charge in [-0.05, 0) is 30.3 Å². The average Bonchev–Trinajstić information content (AvgIpc) is 3.24. The van der Waals surface area contributed by atoms with Gasteiger partial charge in [0.25, 0.3) is 5.91 Å². The maximum Gasteiger partial charge on any atom is 0.293 e. The number of nitrogens with one attached hydrogen (secondary N) is 1. The molecule has 5 nitrogen and oxygen atoms in total. The number of carbonyl (C=O) groups is 1. The molecule has 3 aromatic rings. The topological polar surface area (TPSA) is 64.4 Å². The Kier molecular flexibility index (Phi) is 4.61. The minimum Gasteiger partial charge on any atom is -0.494 e. The second-order valence-electron chi connectivity index (χ2n) is 4.96. The summed E-state index contributed by atoms with van der Waals surface area (Å²) in [5.41, 5.74) is 1.18. The van der Waals surface area contributed by atoms with Crippen LogP contribution in [-0.2, 0) is 6.42 Å². The molecule has 124 valence electrons. The molecule has 0 aliphatic rings. The van der Waals surface area contributed by atoms with Crippen molar-refractivity contribution in [2.45, 2.75) is 13.3 Å². The summed E-state index contributed by atoms with van der Waals surface area (Å²) in [6, 6.07) is 7.99. The molecule has 2 heterocycles. The van der Waals surface area contributed by atoms with Crippen LogP contribution in [-0.4, -0.2) is 18.0 Å². The predicted octanol–water partition coefficient (Wildman–Crippen LogP) is 4.37. The van der Waals surface area contributed by atoms with Crippen LogP contribution in [0.25, 0.3) is 11.3 Å². The molecule has 2 aromatic heterocycles. The van der Waals surface area contributed by atoms with E-state index in [0.717, 1.165) is 12.2 Å². The summed E-state index contributed by atoms with van der Waals surface area (Å²) in [7, 11) is 1.41. The van der Waals surface area contributed by atoms with Crippen molar-refractivity contribution in [1.82, 2.24) is 4.98 Å². The van der Waals surface area contributed by atoms with Crippen molar-refractivity contribution in [2.24, 2.45) is 0 Å². The first kappa shape index (κ1) is 16.2. The number of halogens is 1. The summed E-state index contributed by atoms with van der Waals surface area (Å²) < 4.78 is 24.1. The number of nitrogens with zero attached hydrogens (tertiary/aromatic N) is 1. The van der Waals surface area contributed by atoms with Gasteiger partial charge in [0, 0.05) is 17.4 Å². The second-order valence-corrected chi connectivity index (χ2v) is 5.82. The molecule has 0 bridgehead atoms. The fourth-order valence-electron chi connectivity index (χ4n) is 2.14. The number of aromatic nitrogens is 1. The highest BCUT2D eigenvalue weighted by molar-refractivity contribution is 7.14. The molecule has 1 N–H and O–H groups in total. The Bertz CT molecular complexity index is 872. The Morgan fingerprint density at radius 2 is 2.21 bits per heavy atom. The molecule has 0 saturated carbocycles. The Labute approximate surface area is 142 Å². The van der Waals surface area contributed by atoms with Crippen molar-refractivity contribution in [3.8, 4) is 17.0 Å². The van der Waals surface area contributed by atoms with Gasteiger partial charge in [-0.1, -0.05) is 6.92 Å². The van der Waals surface area contributed by atoms with Gasteiger partial charge in [-0.15, -0.1) is 11.3 Å². The van der Waals surface area contributed by atoms with Crippen LogP contribution in [0, 0.1) is 5.82 Å². The van der Waals surface area contributed by atoms with Crippen LogP contribution >= 0.6 is 11.3 Å². The monoisotopic (exact) mass is 346 g/mol. The van der Waals surface area contributed by atoms with Gasteiger partial charge in [0.15, 0.2) is 22.5 Å². The second kappa shape index (κ2) is 6.84. The lowest BCUT2D eigenvalue weighted by molar-refractivity contribution is 0.0995. The molecule has 0 saturated heterocycles. The van der Waals surface area contributed by atoms with Crippen molar-refractivity contribution in [3.63, 3.8) is 0 Å². The summed E-state index contributed by atoms with van der Waals surface area (Å²) in [6.07, 6.45) is 0.720. The SMILES string of the molecule is CCc1ccc(C(=O)Nc2nc(-c3ccc(OC)c(F)c3)cs2)o1. The minimum absolute atomic E-state index is 0.173. The van der Waals surface area contributed by atoms with Gasteiger partial charge in [-0.3, -0.25) is 10.1 Å². The van der Waals surface area contributed by atoms with Gasteiger partial charge in [0.1, 0.15) is 5.76 Å². The highest BCUT2D eigenvalue weighted by Gasteiger charge is 2.14. The third-order valence-electron chi connectivity index (χ3n) is 3.41. The van der Waals surface area contributed by atoms with Gasteiger partial charge < -0.3 is 9.15 Å². The van der Waals surface area contributed by atoms with Crippen LogP contribution in [0.2, 0.25) is 0 Å². The lowest BCUT2D eigenvalue weighted by Crippen LogP contribution is -2.10. The average molecular weight is 346 g/mol. The summed E-state index contributed by atoms with van der Waals surface area (Å²) in [6.45, 7) is 1.95. The number of rotatable bonds is 5. The molecule has 0 radical (unpaired) electrons. The summed E-state index contributed by atoms with van der Waals surface area (Å²) in [5, 5.41) is 4.84. The molecular formula is C17H15FN2O3S. The number of carbonyl (C=O) groups excluding carboxylic acids is 1. The van der Waals surface area contributed by atoms with E-state index in [-0.39, 0.29) is 17.4 Å². The molecule has 7 heteroatoms. The number of aryl methyl sites for hydroxylation is 1. The zero-order valence-electron chi connectivity index (χ0n) is 13.1. The number of benzene rings is 1. The minimum atomic E-state index is -0.462. The Morgan fingerprint density at radius 1 is 1.38 bits per heavy atom. The number of ether oxygens (including phenoxy) is 1. The highest BCUT2D eigenvalue weighted by atomic mass is 32.1. The molecule has 0 spiro atoms. The molecule has 0 fully saturated rings. The fraction of sp³-hybridized carbons (Fsp3) is 0.176. The van der Waals surface area contributed by atoms with E-state index < -0.39 is 5.82 Å². The first-order valence-electron chi connectivity index (χ1n) is 7.30. The van der Waals surface area contributed by atoms with E-state index in [1.807, 2.05) is 6.92 Å². The number of hydrogen-bond donors (Lipinski definition) is 1. The number of anilines is 1. The number of methoxy groups -OCH3 is 1. The van der Waals surface area contributed by atoms with E-state index in [1.54, 1.807) is 23.6 Å². The van der Waals surface area contributed by atoms with E-state index in [4.69, 9.17) is 9.15 Å². The molecule has 0 aliphatic carbocycles. The van der Waals surface area contributed by atoms with E-state index in [9.17, 15) is 9.18 Å². The molecule has 0 unspecified atom stereocenters. The van der Waals surface area contributed by atoms with Crippen molar-refractivity contribution in [1.29, 1.82) is 0 Å². The van der Waals surface area contributed by atoms with Crippen LogP contribution in [0.4, 0.5) is 9.52 Å². The van der Waals surface area contributed by atoms with E-state index in [0.29, 0.717) is 16.4 Å². The first-order valence-corrected chi connectivity index (χ1v) is 8.18. The maximum absolute atomic E-state index is 13.8. The largest absolute Gasteiger partial charge is 0.494 e. The van der Waals surface area contributed by atoms with E-state index in [2.05, 4.69) is 10.3 Å². The van der Waals surface area contributed by atoms with Crippen molar-refractivity contribution >= 4 is 22.4 Å². The number of amides is 1. The van der Waals surface area contributed by atoms with Crippen LogP contribution in [0.15, 0.2) is 40.1 Å². The number of hydrogen-bond acceptors (Lipinski definition) is 5.